The lowest BCUT2D eigenvalue weighted by Gasteiger charge is -2.25. The number of hydrogen-bond acceptors (Lipinski definition) is 3. The molecule has 5 heteroatoms. The average Bonchev–Trinajstić information content (AvgIpc) is 2.85. The van der Waals surface area contributed by atoms with Crippen LogP contribution in [0.5, 0.6) is 0 Å². The summed E-state index contributed by atoms with van der Waals surface area (Å²) in [5.74, 6) is -0.681. The van der Waals surface area contributed by atoms with Gasteiger partial charge in [0.25, 0.3) is 0 Å². The number of thiophene rings is 1. The Hall–Kier alpha value is -0.390. The lowest BCUT2D eigenvalue weighted by molar-refractivity contribution is -0.147. The molecule has 0 bridgehead atoms. The van der Waals surface area contributed by atoms with Crippen LogP contribution >= 0.6 is 27.3 Å². The highest BCUT2D eigenvalue weighted by atomic mass is 79.9. The molecule has 0 saturated carbocycles. The van der Waals surface area contributed by atoms with Gasteiger partial charge in [-0.05, 0) is 54.9 Å². The van der Waals surface area contributed by atoms with Gasteiger partial charge >= 0.3 is 5.97 Å². The zero-order chi connectivity index (χ0) is 12.6. The Morgan fingerprint density at radius 2 is 2.35 bits per heavy atom. The molecule has 1 aromatic rings. The summed E-state index contributed by atoms with van der Waals surface area (Å²) < 4.78 is 1.12. The zero-order valence-electron chi connectivity index (χ0n) is 9.94. The molecule has 1 saturated heterocycles. The third kappa shape index (κ3) is 2.56. The molecule has 1 aliphatic heterocycles. The Kier molecular flexibility index (Phi) is 3.61. The molecule has 17 heavy (non-hydrogen) atoms. The van der Waals surface area contributed by atoms with E-state index in [1.54, 1.807) is 11.3 Å². The van der Waals surface area contributed by atoms with Gasteiger partial charge in [-0.3, -0.25) is 9.69 Å². The van der Waals surface area contributed by atoms with E-state index in [-0.39, 0.29) is 0 Å². The second kappa shape index (κ2) is 4.71. The van der Waals surface area contributed by atoms with E-state index in [1.807, 2.05) is 13.0 Å². The summed E-state index contributed by atoms with van der Waals surface area (Å²) in [5.41, 5.74) is -0.581. The van der Waals surface area contributed by atoms with Gasteiger partial charge in [0, 0.05) is 17.5 Å². The van der Waals surface area contributed by atoms with Crippen molar-refractivity contribution in [1.82, 2.24) is 4.90 Å². The van der Waals surface area contributed by atoms with Crippen LogP contribution in [0.3, 0.4) is 0 Å². The van der Waals surface area contributed by atoms with Crippen LogP contribution in [0.15, 0.2) is 15.9 Å². The second-order valence-corrected chi connectivity index (χ2v) is 7.40. The molecule has 94 valence electrons. The number of aliphatic carboxylic acids is 1. The summed E-state index contributed by atoms with van der Waals surface area (Å²) in [6, 6.07) is 4.45. The van der Waals surface area contributed by atoms with E-state index in [4.69, 9.17) is 0 Å². The topological polar surface area (TPSA) is 40.5 Å². The van der Waals surface area contributed by atoms with E-state index in [0.29, 0.717) is 12.6 Å². The minimum absolute atomic E-state index is 0.299. The molecular formula is C12H16BrNO2S. The van der Waals surface area contributed by atoms with Gasteiger partial charge in [0.2, 0.25) is 0 Å². The van der Waals surface area contributed by atoms with Crippen molar-refractivity contribution < 1.29 is 9.90 Å². The predicted octanol–water partition coefficient (Wildman–Crippen LogP) is 3.37. The first-order valence-electron chi connectivity index (χ1n) is 5.65. The highest BCUT2D eigenvalue weighted by molar-refractivity contribution is 9.11. The van der Waals surface area contributed by atoms with Crippen LogP contribution in [-0.2, 0) is 4.79 Å². The Labute approximate surface area is 114 Å². The van der Waals surface area contributed by atoms with E-state index in [0.717, 1.165) is 16.8 Å². The standard InChI is InChI=1S/C12H16BrNO2S/c1-8(9-3-4-10(13)17-9)14-6-5-12(2,7-14)11(15)16/h3-4,8H,5-7H2,1-2H3,(H,15,16). The van der Waals surface area contributed by atoms with Gasteiger partial charge in [-0.1, -0.05) is 0 Å². The van der Waals surface area contributed by atoms with E-state index >= 15 is 0 Å². The molecule has 0 aromatic carbocycles. The number of carboxylic acids is 1. The molecule has 1 N–H and O–H groups in total. The SMILES string of the molecule is CC(c1ccc(Br)s1)N1CCC(C)(C(=O)O)C1. The fraction of sp³-hybridized carbons (Fsp3) is 0.583. The van der Waals surface area contributed by atoms with Crippen LogP contribution in [0.2, 0.25) is 0 Å². The second-order valence-electron chi connectivity index (χ2n) is 4.90. The summed E-state index contributed by atoms with van der Waals surface area (Å²) >= 11 is 5.18. The fourth-order valence-corrected chi connectivity index (χ4v) is 3.74. The Bertz CT molecular complexity index is 434. The molecule has 3 nitrogen and oxygen atoms in total. The number of nitrogens with zero attached hydrogens (tertiary/aromatic N) is 1. The monoisotopic (exact) mass is 317 g/mol. The van der Waals surface area contributed by atoms with Gasteiger partial charge in [0.1, 0.15) is 0 Å². The van der Waals surface area contributed by atoms with Crippen molar-refractivity contribution in [3.63, 3.8) is 0 Å². The van der Waals surface area contributed by atoms with Crippen LogP contribution in [0.1, 0.15) is 31.2 Å². The number of hydrogen-bond donors (Lipinski definition) is 1. The molecule has 0 aliphatic carbocycles. The highest BCUT2D eigenvalue weighted by Crippen LogP contribution is 2.37. The van der Waals surface area contributed by atoms with Crippen molar-refractivity contribution in [2.24, 2.45) is 5.41 Å². The van der Waals surface area contributed by atoms with Crippen molar-refractivity contribution in [2.75, 3.05) is 13.1 Å². The van der Waals surface area contributed by atoms with Crippen LogP contribution in [0, 0.1) is 5.41 Å². The van der Waals surface area contributed by atoms with E-state index in [2.05, 4.69) is 33.8 Å². The minimum atomic E-state index is -0.681. The molecule has 1 aromatic heterocycles. The number of likely N-dealkylation sites (tertiary alicyclic amines) is 1. The molecule has 0 spiro atoms. The van der Waals surface area contributed by atoms with Gasteiger partial charge in [-0.25, -0.2) is 0 Å². The van der Waals surface area contributed by atoms with Gasteiger partial charge in [-0.2, -0.15) is 0 Å². The molecule has 2 unspecified atom stereocenters. The van der Waals surface area contributed by atoms with Gasteiger partial charge < -0.3 is 5.11 Å². The number of carbonyl (C=O) groups is 1. The zero-order valence-corrected chi connectivity index (χ0v) is 12.3. The maximum Gasteiger partial charge on any atom is 0.310 e. The molecule has 0 radical (unpaired) electrons. The first kappa shape index (κ1) is 13.1. The minimum Gasteiger partial charge on any atom is -0.481 e. The lowest BCUT2D eigenvalue weighted by Crippen LogP contribution is -2.32. The smallest absolute Gasteiger partial charge is 0.310 e. The first-order valence-corrected chi connectivity index (χ1v) is 7.26. The van der Waals surface area contributed by atoms with Gasteiger partial charge in [0.15, 0.2) is 0 Å². The summed E-state index contributed by atoms with van der Waals surface area (Å²) in [4.78, 5) is 14.7. The van der Waals surface area contributed by atoms with Crippen LogP contribution in [0.25, 0.3) is 0 Å². The predicted molar refractivity (Wildman–Crippen MR) is 72.4 cm³/mol. The van der Waals surface area contributed by atoms with E-state index < -0.39 is 11.4 Å². The van der Waals surface area contributed by atoms with Crippen molar-refractivity contribution in [3.8, 4) is 0 Å². The Morgan fingerprint density at radius 1 is 1.65 bits per heavy atom. The molecular weight excluding hydrogens is 302 g/mol. The first-order chi connectivity index (χ1) is 7.92. The quantitative estimate of drug-likeness (QED) is 0.929. The maximum atomic E-state index is 11.2. The van der Waals surface area contributed by atoms with Gasteiger partial charge in [-0.15, -0.1) is 11.3 Å². The largest absolute Gasteiger partial charge is 0.481 e. The van der Waals surface area contributed by atoms with Crippen molar-refractivity contribution in [2.45, 2.75) is 26.3 Å². The molecule has 2 atom stereocenters. The lowest BCUT2D eigenvalue weighted by atomic mass is 9.90. The van der Waals surface area contributed by atoms with Crippen molar-refractivity contribution in [3.05, 3.63) is 20.8 Å². The van der Waals surface area contributed by atoms with Crippen LogP contribution < -0.4 is 0 Å². The summed E-state index contributed by atoms with van der Waals surface area (Å²) in [7, 11) is 0. The molecule has 2 rings (SSSR count). The van der Waals surface area contributed by atoms with E-state index in [9.17, 15) is 9.90 Å². The number of halogens is 1. The Balaban J connectivity index is 2.08. The van der Waals surface area contributed by atoms with Crippen LogP contribution in [0.4, 0.5) is 0 Å². The fourth-order valence-electron chi connectivity index (χ4n) is 2.23. The summed E-state index contributed by atoms with van der Waals surface area (Å²) in [5, 5.41) is 9.22. The van der Waals surface area contributed by atoms with Crippen molar-refractivity contribution >= 4 is 33.2 Å². The maximum absolute atomic E-state index is 11.2. The third-order valence-electron chi connectivity index (χ3n) is 3.57. The summed E-state index contributed by atoms with van der Waals surface area (Å²) in [6.07, 6.45) is 0.735. The van der Waals surface area contributed by atoms with Crippen molar-refractivity contribution in [1.29, 1.82) is 0 Å². The highest BCUT2D eigenvalue weighted by Gasteiger charge is 2.42. The average molecular weight is 318 g/mol. The van der Waals surface area contributed by atoms with Crippen LogP contribution in [-0.4, -0.2) is 29.1 Å². The van der Waals surface area contributed by atoms with Gasteiger partial charge in [0.05, 0.1) is 9.20 Å². The molecule has 1 fully saturated rings. The Morgan fingerprint density at radius 3 is 2.82 bits per heavy atom. The normalized spacial score (nSPS) is 27.2. The molecule has 2 heterocycles. The molecule has 0 amide bonds. The number of carboxylic acid groups (broad SMARTS) is 1. The van der Waals surface area contributed by atoms with E-state index in [1.165, 1.54) is 4.88 Å². The molecule has 1 aliphatic rings. The number of rotatable bonds is 3. The summed E-state index contributed by atoms with van der Waals surface area (Å²) in [6.45, 7) is 5.48. The third-order valence-corrected chi connectivity index (χ3v) is 5.37.